The number of benzene rings is 1. The molecule has 1 heterocycles. The van der Waals surface area contributed by atoms with Crippen LogP contribution < -0.4 is 10.6 Å². The number of nitrogens with one attached hydrogen (secondary N) is 2. The van der Waals surface area contributed by atoms with Crippen molar-refractivity contribution in [2.75, 3.05) is 5.32 Å². The molecule has 0 spiro atoms. The number of carbonyl (C=O) groups is 4. The fourth-order valence-electron chi connectivity index (χ4n) is 1.41. The normalized spacial score (nSPS) is 16.1. The van der Waals surface area contributed by atoms with Crippen molar-refractivity contribution in [3.05, 3.63) is 40.8 Å². The Morgan fingerprint density at radius 2 is 1.85 bits per heavy atom. The zero-order chi connectivity index (χ0) is 14.7. The molecule has 0 atom stereocenters. The molecule has 7 nitrogen and oxygen atoms in total. The van der Waals surface area contributed by atoms with E-state index in [2.05, 4.69) is 5.32 Å². The van der Waals surface area contributed by atoms with Gasteiger partial charge in [-0.2, -0.15) is 0 Å². The minimum atomic E-state index is -1.07. The first-order valence-electron chi connectivity index (χ1n) is 5.35. The minimum Gasteiger partial charge on any atom is -0.478 e. The van der Waals surface area contributed by atoms with Crippen LogP contribution in [0.15, 0.2) is 35.2 Å². The molecular formula is C12H8N2O5S. The molecule has 3 N–H and O–H groups in total. The number of thioether (sulfide) groups is 1. The van der Waals surface area contributed by atoms with Crippen molar-refractivity contribution in [2.24, 2.45) is 0 Å². The topological polar surface area (TPSA) is 113 Å². The van der Waals surface area contributed by atoms with Gasteiger partial charge < -0.3 is 10.4 Å². The number of hydrogen-bond donors (Lipinski definition) is 3. The van der Waals surface area contributed by atoms with Gasteiger partial charge in [0.15, 0.2) is 0 Å². The third-order valence-corrected chi connectivity index (χ3v) is 3.11. The Morgan fingerprint density at radius 3 is 2.35 bits per heavy atom. The number of imide groups is 1. The Labute approximate surface area is 117 Å². The van der Waals surface area contributed by atoms with Crippen LogP contribution in [-0.2, 0) is 9.59 Å². The number of carboxylic acids is 1. The third-order valence-electron chi connectivity index (χ3n) is 2.30. The number of hydrogen-bond acceptors (Lipinski definition) is 5. The van der Waals surface area contributed by atoms with Gasteiger partial charge in [0.1, 0.15) is 0 Å². The number of carboxylic acid groups (broad SMARTS) is 1. The second-order valence-electron chi connectivity index (χ2n) is 3.72. The van der Waals surface area contributed by atoms with Crippen molar-refractivity contribution < 1.29 is 24.3 Å². The van der Waals surface area contributed by atoms with E-state index in [1.165, 1.54) is 24.3 Å². The molecule has 8 heteroatoms. The molecule has 0 radical (unpaired) electrons. The number of anilines is 1. The molecule has 0 saturated carbocycles. The van der Waals surface area contributed by atoms with E-state index in [0.29, 0.717) is 17.4 Å². The van der Waals surface area contributed by atoms with E-state index in [9.17, 15) is 19.2 Å². The summed E-state index contributed by atoms with van der Waals surface area (Å²) in [5.74, 6) is -2.26. The minimum absolute atomic E-state index is 0.00894. The smallest absolute Gasteiger partial charge is 0.335 e. The molecule has 1 fully saturated rings. The lowest BCUT2D eigenvalue weighted by molar-refractivity contribution is -0.116. The highest BCUT2D eigenvalue weighted by molar-refractivity contribution is 8.18. The largest absolute Gasteiger partial charge is 0.478 e. The highest BCUT2D eigenvalue weighted by Gasteiger charge is 2.25. The molecule has 2 rings (SSSR count). The van der Waals surface area contributed by atoms with Gasteiger partial charge in [-0.25, -0.2) is 4.79 Å². The van der Waals surface area contributed by atoms with Gasteiger partial charge in [-0.05, 0) is 36.0 Å². The first-order valence-corrected chi connectivity index (χ1v) is 6.16. The molecule has 102 valence electrons. The summed E-state index contributed by atoms with van der Waals surface area (Å²) in [4.78, 5) is 44.4. The summed E-state index contributed by atoms with van der Waals surface area (Å²) in [5.41, 5.74) is 0.476. The van der Waals surface area contributed by atoms with E-state index in [-0.39, 0.29) is 10.5 Å². The predicted octanol–water partition coefficient (Wildman–Crippen LogP) is 1.19. The zero-order valence-corrected chi connectivity index (χ0v) is 10.7. The lowest BCUT2D eigenvalue weighted by Crippen LogP contribution is -2.18. The summed E-state index contributed by atoms with van der Waals surface area (Å²) in [6.07, 6.45) is 1.01. The van der Waals surface area contributed by atoms with Crippen molar-refractivity contribution in [2.45, 2.75) is 0 Å². The molecular weight excluding hydrogens is 284 g/mol. The Kier molecular flexibility index (Phi) is 3.85. The summed E-state index contributed by atoms with van der Waals surface area (Å²) < 4.78 is 0. The second-order valence-corrected chi connectivity index (χ2v) is 4.74. The Morgan fingerprint density at radius 1 is 1.20 bits per heavy atom. The lowest BCUT2D eigenvalue weighted by Gasteiger charge is -2.02. The maximum atomic E-state index is 11.6. The van der Waals surface area contributed by atoms with Crippen LogP contribution in [0.5, 0.6) is 0 Å². The maximum Gasteiger partial charge on any atom is 0.335 e. The monoisotopic (exact) mass is 292 g/mol. The van der Waals surface area contributed by atoms with Crippen molar-refractivity contribution in [3.63, 3.8) is 0 Å². The van der Waals surface area contributed by atoms with Crippen molar-refractivity contribution >= 4 is 40.5 Å². The standard InChI is InChI=1S/C12H8N2O5S/c15-9(5-8-10(16)14-12(19)20-8)13-7-3-1-6(2-4-7)11(17)18/h1-5H,(H,13,15)(H,17,18)(H,14,16,19). The van der Waals surface area contributed by atoms with E-state index in [1.54, 1.807) is 0 Å². The molecule has 1 saturated heterocycles. The molecule has 0 unspecified atom stereocenters. The number of aromatic carboxylic acids is 1. The van der Waals surface area contributed by atoms with Gasteiger partial charge in [-0.1, -0.05) is 0 Å². The Balaban J connectivity index is 2.05. The van der Waals surface area contributed by atoms with E-state index in [4.69, 9.17) is 5.11 Å². The van der Waals surface area contributed by atoms with E-state index < -0.39 is 23.0 Å². The zero-order valence-electron chi connectivity index (χ0n) is 9.88. The molecule has 3 amide bonds. The average molecular weight is 292 g/mol. The van der Waals surface area contributed by atoms with Gasteiger partial charge in [0.05, 0.1) is 10.5 Å². The van der Waals surface area contributed by atoms with Crippen LogP contribution in [0.1, 0.15) is 10.4 Å². The van der Waals surface area contributed by atoms with Gasteiger partial charge >= 0.3 is 5.97 Å². The molecule has 1 aliphatic heterocycles. The van der Waals surface area contributed by atoms with E-state index in [0.717, 1.165) is 6.08 Å². The highest BCUT2D eigenvalue weighted by Crippen LogP contribution is 2.22. The summed E-state index contributed by atoms with van der Waals surface area (Å²) in [7, 11) is 0. The van der Waals surface area contributed by atoms with Crippen molar-refractivity contribution in [1.29, 1.82) is 0 Å². The van der Waals surface area contributed by atoms with Crippen molar-refractivity contribution in [1.82, 2.24) is 5.32 Å². The number of carbonyl (C=O) groups excluding carboxylic acids is 3. The van der Waals surface area contributed by atoms with Gasteiger partial charge in [0.25, 0.3) is 11.1 Å². The second kappa shape index (κ2) is 5.57. The fourth-order valence-corrected chi connectivity index (χ4v) is 2.07. The third kappa shape index (κ3) is 3.23. The first kappa shape index (κ1) is 13.8. The quantitative estimate of drug-likeness (QED) is 0.721. The number of rotatable bonds is 3. The average Bonchev–Trinajstić information content (AvgIpc) is 2.68. The van der Waals surface area contributed by atoms with Gasteiger partial charge in [0.2, 0.25) is 5.91 Å². The fraction of sp³-hybridized carbons (Fsp3) is 0. The SMILES string of the molecule is O=C(C=C1SC(=O)NC1=O)Nc1ccc(C(=O)O)cc1. The predicted molar refractivity (Wildman–Crippen MR) is 71.2 cm³/mol. The van der Waals surface area contributed by atoms with Crippen LogP contribution in [0.2, 0.25) is 0 Å². The summed E-state index contributed by atoms with van der Waals surface area (Å²) in [6, 6.07) is 5.52. The molecule has 1 aliphatic rings. The Hall–Kier alpha value is -2.61. The molecule has 0 bridgehead atoms. The summed E-state index contributed by atoms with van der Waals surface area (Å²) in [5, 5.41) is 12.7. The Bertz CT molecular complexity index is 636. The molecule has 1 aromatic rings. The maximum absolute atomic E-state index is 11.6. The van der Waals surface area contributed by atoms with E-state index >= 15 is 0 Å². The van der Waals surface area contributed by atoms with Crippen LogP contribution in [0.4, 0.5) is 10.5 Å². The molecule has 1 aromatic carbocycles. The van der Waals surface area contributed by atoms with Crippen LogP contribution in [0.25, 0.3) is 0 Å². The van der Waals surface area contributed by atoms with Gasteiger partial charge in [-0.15, -0.1) is 0 Å². The lowest BCUT2D eigenvalue weighted by atomic mass is 10.2. The first-order chi connectivity index (χ1) is 9.45. The van der Waals surface area contributed by atoms with Crippen LogP contribution in [0, 0.1) is 0 Å². The molecule has 0 aromatic heterocycles. The van der Waals surface area contributed by atoms with Crippen LogP contribution in [-0.4, -0.2) is 28.1 Å². The summed E-state index contributed by atoms with van der Waals surface area (Å²) in [6.45, 7) is 0. The van der Waals surface area contributed by atoms with Gasteiger partial charge in [-0.3, -0.25) is 19.7 Å². The van der Waals surface area contributed by atoms with Crippen molar-refractivity contribution in [3.8, 4) is 0 Å². The summed E-state index contributed by atoms with van der Waals surface area (Å²) >= 11 is 0.642. The van der Waals surface area contributed by atoms with E-state index in [1.807, 2.05) is 5.32 Å². The van der Waals surface area contributed by atoms with Gasteiger partial charge in [0, 0.05) is 11.8 Å². The number of amides is 3. The molecule has 0 aliphatic carbocycles. The van der Waals surface area contributed by atoms with Crippen LogP contribution >= 0.6 is 11.8 Å². The highest BCUT2D eigenvalue weighted by atomic mass is 32.2. The molecule has 20 heavy (non-hydrogen) atoms. The van der Waals surface area contributed by atoms with Crippen LogP contribution in [0.3, 0.4) is 0 Å².